The lowest BCUT2D eigenvalue weighted by molar-refractivity contribution is 0.0745. The minimum absolute atomic E-state index is 0.187. The van der Waals surface area contributed by atoms with E-state index < -0.39 is 5.82 Å². The van der Waals surface area contributed by atoms with Crippen molar-refractivity contribution in [1.29, 1.82) is 0 Å². The molecule has 6 nitrogen and oxygen atoms in total. The molecule has 1 amide bonds. The molecule has 0 radical (unpaired) electrons. The van der Waals surface area contributed by atoms with Crippen molar-refractivity contribution in [2.45, 2.75) is 0 Å². The number of aromatic nitrogens is 3. The Morgan fingerprint density at radius 2 is 2.00 bits per heavy atom. The summed E-state index contributed by atoms with van der Waals surface area (Å²) in [6, 6.07) is 1.21. The SMILES string of the molecule is O=C(c1cncc(F)c1)N1CCN(c2cnsn2)CC1. The zero-order valence-corrected chi connectivity index (χ0v) is 11.4. The molecule has 2 aromatic heterocycles. The molecule has 20 heavy (non-hydrogen) atoms. The van der Waals surface area contributed by atoms with Gasteiger partial charge in [0.25, 0.3) is 5.91 Å². The van der Waals surface area contributed by atoms with Gasteiger partial charge >= 0.3 is 0 Å². The molecule has 3 heterocycles. The molecule has 104 valence electrons. The Morgan fingerprint density at radius 3 is 2.65 bits per heavy atom. The highest BCUT2D eigenvalue weighted by atomic mass is 32.1. The lowest BCUT2D eigenvalue weighted by Crippen LogP contribution is -2.49. The second-order valence-corrected chi connectivity index (χ2v) is 4.99. The zero-order chi connectivity index (χ0) is 13.9. The number of carbonyl (C=O) groups is 1. The van der Waals surface area contributed by atoms with Crippen molar-refractivity contribution in [1.82, 2.24) is 18.6 Å². The van der Waals surface area contributed by atoms with Crippen LogP contribution < -0.4 is 4.90 Å². The molecule has 0 spiro atoms. The fourth-order valence-electron chi connectivity index (χ4n) is 2.15. The van der Waals surface area contributed by atoms with Gasteiger partial charge in [-0.2, -0.15) is 8.75 Å². The number of anilines is 1. The van der Waals surface area contributed by atoms with Gasteiger partial charge in [-0.1, -0.05) is 0 Å². The molecule has 0 aromatic carbocycles. The molecule has 0 aliphatic carbocycles. The van der Waals surface area contributed by atoms with Crippen molar-refractivity contribution in [2.24, 2.45) is 0 Å². The quantitative estimate of drug-likeness (QED) is 0.828. The summed E-state index contributed by atoms with van der Waals surface area (Å²) in [5.41, 5.74) is 0.286. The summed E-state index contributed by atoms with van der Waals surface area (Å²) in [6.07, 6.45) is 4.20. The van der Waals surface area contributed by atoms with Crippen LogP contribution in [0.2, 0.25) is 0 Å². The predicted molar refractivity (Wildman–Crippen MR) is 72.2 cm³/mol. The third-order valence-corrected chi connectivity index (χ3v) is 3.66. The van der Waals surface area contributed by atoms with Crippen LogP contribution in [0.5, 0.6) is 0 Å². The number of amides is 1. The number of halogens is 1. The van der Waals surface area contributed by atoms with Crippen molar-refractivity contribution in [3.63, 3.8) is 0 Å². The maximum absolute atomic E-state index is 13.1. The van der Waals surface area contributed by atoms with Crippen LogP contribution in [0.3, 0.4) is 0 Å². The summed E-state index contributed by atoms with van der Waals surface area (Å²) >= 11 is 1.17. The smallest absolute Gasteiger partial charge is 0.255 e. The fourth-order valence-corrected chi connectivity index (χ4v) is 2.58. The van der Waals surface area contributed by atoms with E-state index >= 15 is 0 Å². The van der Waals surface area contributed by atoms with Crippen LogP contribution in [0.1, 0.15) is 10.4 Å². The van der Waals surface area contributed by atoms with Gasteiger partial charge < -0.3 is 9.80 Å². The molecule has 0 N–H and O–H groups in total. The molecule has 0 bridgehead atoms. The van der Waals surface area contributed by atoms with Crippen LogP contribution in [-0.4, -0.2) is 50.7 Å². The van der Waals surface area contributed by atoms with Crippen LogP contribution in [-0.2, 0) is 0 Å². The highest BCUT2D eigenvalue weighted by Crippen LogP contribution is 2.15. The standard InChI is InChI=1S/C12H12FN5OS/c13-10-5-9(6-14-7-10)12(19)18-3-1-17(2-4-18)11-8-15-20-16-11/h5-8H,1-4H2. The molecule has 1 saturated heterocycles. The first kappa shape index (κ1) is 12.9. The second-order valence-electron chi connectivity index (χ2n) is 4.44. The van der Waals surface area contributed by atoms with E-state index in [4.69, 9.17) is 0 Å². The summed E-state index contributed by atoms with van der Waals surface area (Å²) < 4.78 is 21.2. The van der Waals surface area contributed by atoms with Crippen molar-refractivity contribution >= 4 is 23.5 Å². The molecular weight excluding hydrogens is 281 g/mol. The number of hydrogen-bond acceptors (Lipinski definition) is 6. The molecule has 8 heteroatoms. The van der Waals surface area contributed by atoms with Gasteiger partial charge in [0.2, 0.25) is 0 Å². The number of rotatable bonds is 2. The Bertz CT molecular complexity index is 598. The Labute approximate surface area is 119 Å². The molecular formula is C12H12FN5OS. The Hall–Kier alpha value is -2.09. The van der Waals surface area contributed by atoms with E-state index in [0.717, 1.165) is 12.0 Å². The van der Waals surface area contributed by atoms with Crippen LogP contribution in [0, 0.1) is 5.82 Å². The average molecular weight is 293 g/mol. The first-order valence-corrected chi connectivity index (χ1v) is 6.89. The summed E-state index contributed by atoms with van der Waals surface area (Å²) in [6.45, 7) is 2.54. The highest BCUT2D eigenvalue weighted by Gasteiger charge is 2.23. The third-order valence-electron chi connectivity index (χ3n) is 3.19. The van der Waals surface area contributed by atoms with Crippen molar-refractivity contribution in [3.05, 3.63) is 36.0 Å². The van der Waals surface area contributed by atoms with E-state index in [0.29, 0.717) is 26.2 Å². The van der Waals surface area contributed by atoms with Crippen molar-refractivity contribution < 1.29 is 9.18 Å². The second kappa shape index (κ2) is 5.49. The number of nitrogens with zero attached hydrogens (tertiary/aromatic N) is 5. The van der Waals surface area contributed by atoms with Gasteiger partial charge in [-0.15, -0.1) is 0 Å². The molecule has 1 aliphatic rings. The normalized spacial score (nSPS) is 15.4. The third kappa shape index (κ3) is 2.60. The minimum Gasteiger partial charge on any atom is -0.351 e. The molecule has 1 aliphatic heterocycles. The summed E-state index contributed by atoms with van der Waals surface area (Å²) in [5.74, 6) is 0.158. The minimum atomic E-state index is -0.497. The lowest BCUT2D eigenvalue weighted by Gasteiger charge is -2.34. The highest BCUT2D eigenvalue weighted by molar-refractivity contribution is 6.99. The van der Waals surface area contributed by atoms with E-state index in [2.05, 4.69) is 18.6 Å². The van der Waals surface area contributed by atoms with Crippen LogP contribution in [0.15, 0.2) is 24.7 Å². The van der Waals surface area contributed by atoms with Gasteiger partial charge in [0, 0.05) is 32.4 Å². The average Bonchev–Trinajstić information content (AvgIpc) is 3.01. The number of piperazine rings is 1. The molecule has 0 atom stereocenters. The summed E-state index contributed by atoms with van der Waals surface area (Å²) in [5, 5.41) is 0. The van der Waals surface area contributed by atoms with Crippen LogP contribution in [0.25, 0.3) is 0 Å². The van der Waals surface area contributed by atoms with E-state index in [1.54, 1.807) is 11.1 Å². The van der Waals surface area contributed by atoms with Gasteiger partial charge in [-0.3, -0.25) is 9.78 Å². The largest absolute Gasteiger partial charge is 0.351 e. The maximum atomic E-state index is 13.1. The van der Waals surface area contributed by atoms with Crippen LogP contribution in [0.4, 0.5) is 10.2 Å². The number of pyridine rings is 1. The molecule has 3 rings (SSSR count). The van der Waals surface area contributed by atoms with Gasteiger partial charge in [0.1, 0.15) is 5.82 Å². The van der Waals surface area contributed by atoms with E-state index in [1.165, 1.54) is 24.0 Å². The van der Waals surface area contributed by atoms with E-state index in [9.17, 15) is 9.18 Å². The number of hydrogen-bond donors (Lipinski definition) is 0. The summed E-state index contributed by atoms with van der Waals surface area (Å²) in [7, 11) is 0. The van der Waals surface area contributed by atoms with Crippen molar-refractivity contribution in [3.8, 4) is 0 Å². The fraction of sp³-hybridized carbons (Fsp3) is 0.333. The molecule has 2 aromatic rings. The Kier molecular flexibility index (Phi) is 3.55. The first-order chi connectivity index (χ1) is 9.74. The monoisotopic (exact) mass is 293 g/mol. The Balaban J connectivity index is 1.65. The van der Waals surface area contributed by atoms with Gasteiger partial charge in [0.15, 0.2) is 5.82 Å². The lowest BCUT2D eigenvalue weighted by atomic mass is 10.2. The zero-order valence-electron chi connectivity index (χ0n) is 10.6. The molecule has 0 unspecified atom stereocenters. The van der Waals surface area contributed by atoms with Crippen LogP contribution >= 0.6 is 11.7 Å². The molecule has 0 saturated carbocycles. The summed E-state index contributed by atoms with van der Waals surface area (Å²) in [4.78, 5) is 19.7. The van der Waals surface area contributed by atoms with Crippen molar-refractivity contribution in [2.75, 3.05) is 31.1 Å². The van der Waals surface area contributed by atoms with E-state index in [1.807, 2.05) is 0 Å². The maximum Gasteiger partial charge on any atom is 0.255 e. The topological polar surface area (TPSA) is 62.2 Å². The predicted octanol–water partition coefficient (Wildman–Crippen LogP) is 1.03. The van der Waals surface area contributed by atoms with Gasteiger partial charge in [-0.05, 0) is 6.07 Å². The van der Waals surface area contributed by atoms with E-state index in [-0.39, 0.29) is 11.5 Å². The Morgan fingerprint density at radius 1 is 1.20 bits per heavy atom. The molecule has 1 fully saturated rings. The first-order valence-electron chi connectivity index (χ1n) is 6.16. The van der Waals surface area contributed by atoms with Gasteiger partial charge in [0.05, 0.1) is 29.7 Å². The van der Waals surface area contributed by atoms with Gasteiger partial charge in [-0.25, -0.2) is 4.39 Å². The number of carbonyl (C=O) groups excluding carboxylic acids is 1.